The third kappa shape index (κ3) is 5.49. The number of phenols is 1. The van der Waals surface area contributed by atoms with E-state index in [1.54, 1.807) is 13.1 Å². The molecule has 0 aliphatic heterocycles. The van der Waals surface area contributed by atoms with Crippen LogP contribution in [-0.4, -0.2) is 37.9 Å². The van der Waals surface area contributed by atoms with E-state index in [0.717, 1.165) is 28.7 Å². The first kappa shape index (κ1) is 19.8. The van der Waals surface area contributed by atoms with Gasteiger partial charge in [-0.1, -0.05) is 12.1 Å². The number of aromatic hydroxyl groups is 1. The molecule has 0 heterocycles. The fourth-order valence-corrected chi connectivity index (χ4v) is 2.80. The van der Waals surface area contributed by atoms with Crippen molar-refractivity contribution in [3.8, 4) is 11.5 Å². The molecule has 0 amide bonds. The van der Waals surface area contributed by atoms with Gasteiger partial charge in [0, 0.05) is 6.54 Å². The smallest absolute Gasteiger partial charge is 0.344 e. The molecule has 0 aliphatic rings. The summed E-state index contributed by atoms with van der Waals surface area (Å²) < 4.78 is 10.6. The topological polar surface area (TPSA) is 67.8 Å². The van der Waals surface area contributed by atoms with E-state index < -0.39 is 0 Å². The van der Waals surface area contributed by atoms with Crippen molar-refractivity contribution in [1.82, 2.24) is 5.32 Å². The van der Waals surface area contributed by atoms with Gasteiger partial charge in [-0.25, -0.2) is 4.79 Å². The second-order valence-corrected chi connectivity index (χ2v) is 6.45. The lowest BCUT2D eigenvalue weighted by atomic mass is 9.95. The number of likely N-dealkylation sites (N-methyl/N-ethyl adjacent to an activating group) is 1. The summed E-state index contributed by atoms with van der Waals surface area (Å²) >= 11 is 0. The SMILES string of the molecule is CNCCOC(=O)COc1cc(C)c(Cc2ccc(O)c(C)c2)c(C)c1. The Morgan fingerprint density at radius 1 is 1.08 bits per heavy atom. The Labute approximate surface area is 155 Å². The molecule has 0 spiro atoms. The van der Waals surface area contributed by atoms with Gasteiger partial charge in [0.05, 0.1) is 0 Å². The molecule has 5 nitrogen and oxygen atoms in total. The largest absolute Gasteiger partial charge is 0.508 e. The van der Waals surface area contributed by atoms with Crippen molar-refractivity contribution < 1.29 is 19.4 Å². The van der Waals surface area contributed by atoms with E-state index in [9.17, 15) is 9.90 Å². The number of hydrogen-bond donors (Lipinski definition) is 2. The summed E-state index contributed by atoms with van der Waals surface area (Å²) in [6.07, 6.45) is 0.783. The van der Waals surface area contributed by atoms with Crippen molar-refractivity contribution in [1.29, 1.82) is 0 Å². The second-order valence-electron chi connectivity index (χ2n) is 6.45. The maximum absolute atomic E-state index is 11.6. The number of rotatable bonds is 8. The van der Waals surface area contributed by atoms with Crippen molar-refractivity contribution in [2.24, 2.45) is 0 Å². The molecule has 0 radical (unpaired) electrons. The highest BCUT2D eigenvalue weighted by Crippen LogP contribution is 2.26. The number of nitrogens with one attached hydrogen (secondary N) is 1. The van der Waals surface area contributed by atoms with E-state index in [1.807, 2.05) is 45.0 Å². The van der Waals surface area contributed by atoms with Crippen molar-refractivity contribution in [3.63, 3.8) is 0 Å². The van der Waals surface area contributed by atoms with Gasteiger partial charge in [-0.3, -0.25) is 0 Å². The summed E-state index contributed by atoms with van der Waals surface area (Å²) in [5.41, 5.74) is 5.45. The van der Waals surface area contributed by atoms with Gasteiger partial charge in [0.1, 0.15) is 18.1 Å². The number of ether oxygens (including phenoxy) is 2. The summed E-state index contributed by atoms with van der Waals surface area (Å²) in [7, 11) is 1.80. The maximum atomic E-state index is 11.6. The molecule has 0 fully saturated rings. The highest BCUT2D eigenvalue weighted by Gasteiger charge is 2.10. The number of carbonyl (C=O) groups excluding carboxylic acids is 1. The van der Waals surface area contributed by atoms with E-state index in [1.165, 1.54) is 5.56 Å². The zero-order chi connectivity index (χ0) is 19.1. The summed E-state index contributed by atoms with van der Waals surface area (Å²) in [6, 6.07) is 9.55. The molecule has 0 aliphatic carbocycles. The zero-order valence-corrected chi connectivity index (χ0v) is 15.9. The summed E-state index contributed by atoms with van der Waals surface area (Å²) in [4.78, 5) is 11.6. The maximum Gasteiger partial charge on any atom is 0.344 e. The normalized spacial score (nSPS) is 10.6. The van der Waals surface area contributed by atoms with Gasteiger partial charge >= 0.3 is 5.97 Å². The van der Waals surface area contributed by atoms with Crippen LogP contribution in [0.5, 0.6) is 11.5 Å². The molecule has 0 unspecified atom stereocenters. The summed E-state index contributed by atoms with van der Waals surface area (Å²) in [5, 5.41) is 12.6. The van der Waals surface area contributed by atoms with Gasteiger partial charge in [0.2, 0.25) is 0 Å². The fraction of sp³-hybridized carbons (Fsp3) is 0.381. The van der Waals surface area contributed by atoms with Crippen molar-refractivity contribution >= 4 is 5.97 Å². The monoisotopic (exact) mass is 357 g/mol. The standard InChI is InChI=1S/C21H27NO4/c1-14-10-18(26-13-21(24)25-8-7-22-4)11-15(2)19(14)12-17-5-6-20(23)16(3)9-17/h5-6,9-11,22-23H,7-8,12-13H2,1-4H3. The third-order valence-corrected chi connectivity index (χ3v) is 4.28. The van der Waals surface area contributed by atoms with Crippen LogP contribution in [0, 0.1) is 20.8 Å². The van der Waals surface area contributed by atoms with E-state index in [4.69, 9.17) is 9.47 Å². The minimum atomic E-state index is -0.376. The molecule has 0 atom stereocenters. The van der Waals surface area contributed by atoms with Crippen LogP contribution in [0.1, 0.15) is 27.8 Å². The quantitative estimate of drug-likeness (QED) is 0.561. The average molecular weight is 357 g/mol. The Hall–Kier alpha value is -2.53. The number of hydrogen-bond acceptors (Lipinski definition) is 5. The third-order valence-electron chi connectivity index (χ3n) is 4.28. The van der Waals surface area contributed by atoms with Crippen molar-refractivity contribution in [2.45, 2.75) is 27.2 Å². The van der Waals surface area contributed by atoms with Gasteiger partial charge in [-0.2, -0.15) is 0 Å². The molecule has 0 bridgehead atoms. The van der Waals surface area contributed by atoms with Crippen LogP contribution in [0.3, 0.4) is 0 Å². The van der Waals surface area contributed by atoms with Gasteiger partial charge < -0.3 is 19.9 Å². The number of benzene rings is 2. The first-order valence-electron chi connectivity index (χ1n) is 8.72. The zero-order valence-electron chi connectivity index (χ0n) is 15.9. The van der Waals surface area contributed by atoms with Crippen LogP contribution in [0.15, 0.2) is 30.3 Å². The molecule has 0 saturated carbocycles. The highest BCUT2D eigenvalue weighted by atomic mass is 16.6. The lowest BCUT2D eigenvalue weighted by Gasteiger charge is -2.14. The Bertz CT molecular complexity index is 748. The molecule has 2 N–H and O–H groups in total. The van der Waals surface area contributed by atoms with Crippen molar-refractivity contribution in [2.75, 3.05) is 26.8 Å². The molecular weight excluding hydrogens is 330 g/mol. The van der Waals surface area contributed by atoms with Gasteiger partial charge in [0.15, 0.2) is 6.61 Å². The summed E-state index contributed by atoms with van der Waals surface area (Å²) in [6.45, 7) is 6.82. The molecule has 2 rings (SSSR count). The van der Waals surface area contributed by atoms with Gasteiger partial charge in [-0.15, -0.1) is 0 Å². The number of phenolic OH excluding ortho intramolecular Hbond substituents is 1. The summed E-state index contributed by atoms with van der Waals surface area (Å²) in [5.74, 6) is 0.600. The first-order chi connectivity index (χ1) is 12.4. The molecule has 0 saturated heterocycles. The van der Waals surface area contributed by atoms with Gasteiger partial charge in [-0.05, 0) is 80.3 Å². The van der Waals surface area contributed by atoms with Crippen LogP contribution >= 0.6 is 0 Å². The van der Waals surface area contributed by atoms with E-state index in [0.29, 0.717) is 24.7 Å². The molecule has 2 aromatic carbocycles. The van der Waals surface area contributed by atoms with Crippen LogP contribution < -0.4 is 10.1 Å². The second kappa shape index (κ2) is 9.25. The molecule has 140 valence electrons. The van der Waals surface area contributed by atoms with Crippen molar-refractivity contribution in [3.05, 3.63) is 58.1 Å². The molecular formula is C21H27NO4. The van der Waals surface area contributed by atoms with E-state index in [2.05, 4.69) is 5.32 Å². The molecule has 5 heteroatoms. The van der Waals surface area contributed by atoms with Gasteiger partial charge in [0.25, 0.3) is 0 Å². The lowest BCUT2D eigenvalue weighted by molar-refractivity contribution is -0.145. The predicted octanol–water partition coefficient (Wildman–Crippen LogP) is 3.05. The first-order valence-corrected chi connectivity index (χ1v) is 8.72. The number of carbonyl (C=O) groups is 1. The van der Waals surface area contributed by atoms with E-state index in [-0.39, 0.29) is 12.6 Å². The minimum absolute atomic E-state index is 0.0981. The van der Waals surface area contributed by atoms with Crippen LogP contribution in [0.2, 0.25) is 0 Å². The molecule has 2 aromatic rings. The highest BCUT2D eigenvalue weighted by molar-refractivity contribution is 5.71. The van der Waals surface area contributed by atoms with E-state index >= 15 is 0 Å². The van der Waals surface area contributed by atoms with Crippen LogP contribution in [0.25, 0.3) is 0 Å². The number of aryl methyl sites for hydroxylation is 3. The Balaban J connectivity index is 2.03. The van der Waals surface area contributed by atoms with Crippen LogP contribution in [0.4, 0.5) is 0 Å². The average Bonchev–Trinajstić information content (AvgIpc) is 2.59. The predicted molar refractivity (Wildman–Crippen MR) is 102 cm³/mol. The van der Waals surface area contributed by atoms with Crippen LogP contribution in [-0.2, 0) is 16.0 Å². The number of esters is 1. The Morgan fingerprint density at radius 2 is 1.77 bits per heavy atom. The lowest BCUT2D eigenvalue weighted by Crippen LogP contribution is -2.21. The molecule has 26 heavy (non-hydrogen) atoms. The Kier molecular flexibility index (Phi) is 7.04. The fourth-order valence-electron chi connectivity index (χ4n) is 2.80. The minimum Gasteiger partial charge on any atom is -0.508 e. The molecule has 0 aromatic heterocycles. The Morgan fingerprint density at radius 3 is 2.38 bits per heavy atom.